The molecule has 0 radical (unpaired) electrons. The molecule has 0 aliphatic rings. The van der Waals surface area contributed by atoms with Crippen LogP contribution in [0, 0.1) is 5.82 Å². The molecular formula is C27H26FN5O2. The van der Waals surface area contributed by atoms with Crippen LogP contribution in [0.15, 0.2) is 91.6 Å². The van der Waals surface area contributed by atoms with Gasteiger partial charge in [0.15, 0.2) is 0 Å². The first-order chi connectivity index (χ1) is 17.0. The van der Waals surface area contributed by atoms with E-state index in [1.165, 1.54) is 29.6 Å². The second-order valence-electron chi connectivity index (χ2n) is 8.12. The Kier molecular flexibility index (Phi) is 7.62. The summed E-state index contributed by atoms with van der Waals surface area (Å²) in [6.07, 6.45) is 6.52. The molecule has 35 heavy (non-hydrogen) atoms. The van der Waals surface area contributed by atoms with Gasteiger partial charge in [-0.25, -0.2) is 9.37 Å². The first-order valence-electron chi connectivity index (χ1n) is 11.3. The van der Waals surface area contributed by atoms with Gasteiger partial charge >= 0.3 is 0 Å². The van der Waals surface area contributed by atoms with E-state index >= 15 is 0 Å². The van der Waals surface area contributed by atoms with Crippen molar-refractivity contribution in [2.45, 2.75) is 25.4 Å². The number of H-pyrrole nitrogens is 1. The average Bonchev–Trinajstić information content (AvgIpc) is 3.43. The lowest BCUT2D eigenvalue weighted by molar-refractivity contribution is -0.126. The summed E-state index contributed by atoms with van der Waals surface area (Å²) in [5.74, 6) is -1.05. The van der Waals surface area contributed by atoms with E-state index in [2.05, 4.69) is 20.3 Å². The van der Waals surface area contributed by atoms with Crippen LogP contribution in [-0.4, -0.2) is 38.2 Å². The van der Waals surface area contributed by atoms with Crippen molar-refractivity contribution >= 4 is 11.8 Å². The number of hydrogen-bond donors (Lipinski definition) is 2. The molecule has 4 aromatic rings. The Morgan fingerprint density at radius 1 is 1.00 bits per heavy atom. The van der Waals surface area contributed by atoms with Gasteiger partial charge in [-0.05, 0) is 42.7 Å². The van der Waals surface area contributed by atoms with E-state index in [4.69, 9.17) is 0 Å². The molecule has 2 amide bonds. The molecule has 2 unspecified atom stereocenters. The van der Waals surface area contributed by atoms with E-state index in [0.717, 1.165) is 11.1 Å². The zero-order valence-corrected chi connectivity index (χ0v) is 19.3. The van der Waals surface area contributed by atoms with E-state index in [1.807, 2.05) is 37.3 Å². The lowest BCUT2D eigenvalue weighted by Gasteiger charge is -2.36. The molecule has 0 saturated heterocycles. The number of carbonyl (C=O) groups is 2. The van der Waals surface area contributed by atoms with E-state index in [1.54, 1.807) is 36.7 Å². The van der Waals surface area contributed by atoms with Gasteiger partial charge in [-0.15, -0.1) is 0 Å². The van der Waals surface area contributed by atoms with Gasteiger partial charge in [0.05, 0.1) is 18.6 Å². The van der Waals surface area contributed by atoms with Crippen molar-refractivity contribution in [1.82, 2.24) is 25.2 Å². The van der Waals surface area contributed by atoms with E-state index in [-0.39, 0.29) is 29.9 Å². The van der Waals surface area contributed by atoms with Gasteiger partial charge in [0.25, 0.3) is 5.91 Å². The average molecular weight is 472 g/mol. The lowest BCUT2D eigenvalue weighted by Crippen LogP contribution is -2.45. The Morgan fingerprint density at radius 2 is 1.80 bits per heavy atom. The van der Waals surface area contributed by atoms with E-state index in [9.17, 15) is 14.0 Å². The van der Waals surface area contributed by atoms with Crippen molar-refractivity contribution in [3.63, 3.8) is 0 Å². The number of aromatic amines is 1. The van der Waals surface area contributed by atoms with Gasteiger partial charge in [0.2, 0.25) is 5.91 Å². The van der Waals surface area contributed by atoms with Crippen LogP contribution in [0.4, 0.5) is 4.39 Å². The van der Waals surface area contributed by atoms with Crippen molar-refractivity contribution in [3.05, 3.63) is 120 Å². The fourth-order valence-electron chi connectivity index (χ4n) is 4.02. The van der Waals surface area contributed by atoms with Crippen LogP contribution in [0.1, 0.15) is 46.2 Å². The van der Waals surface area contributed by atoms with Gasteiger partial charge < -0.3 is 15.2 Å². The minimum absolute atomic E-state index is 0.272. The van der Waals surface area contributed by atoms with Crippen LogP contribution in [0.5, 0.6) is 0 Å². The van der Waals surface area contributed by atoms with E-state index in [0.29, 0.717) is 12.0 Å². The lowest BCUT2D eigenvalue weighted by atomic mass is 9.99. The smallest absolute Gasteiger partial charge is 0.273 e. The molecule has 2 aromatic heterocycles. The summed E-state index contributed by atoms with van der Waals surface area (Å²) in [6.45, 7) is 2.16. The summed E-state index contributed by atoms with van der Waals surface area (Å²) in [7, 11) is 0. The van der Waals surface area contributed by atoms with E-state index < -0.39 is 12.1 Å². The highest BCUT2D eigenvalue weighted by Gasteiger charge is 2.36. The number of aromatic nitrogens is 3. The Morgan fingerprint density at radius 3 is 2.49 bits per heavy atom. The number of nitrogens with one attached hydrogen (secondary N) is 2. The number of amides is 2. The number of hydrogen-bond acceptors (Lipinski definition) is 4. The number of imidazole rings is 1. The van der Waals surface area contributed by atoms with Crippen LogP contribution in [0.25, 0.3) is 0 Å². The molecule has 8 heteroatoms. The SMILES string of the molecule is CC(c1ccccc1)N(C(=O)c1cnc[nH]1)C(C(=O)NCCc1cccc(F)c1)c1cccnc1. The normalized spacial score (nSPS) is 12.5. The zero-order valence-electron chi connectivity index (χ0n) is 19.3. The molecule has 2 heterocycles. The molecule has 2 aromatic carbocycles. The second-order valence-corrected chi connectivity index (χ2v) is 8.12. The molecule has 4 rings (SSSR count). The summed E-state index contributed by atoms with van der Waals surface area (Å²) in [5.41, 5.74) is 2.49. The summed E-state index contributed by atoms with van der Waals surface area (Å²) >= 11 is 0. The van der Waals surface area contributed by atoms with Crippen LogP contribution in [0.3, 0.4) is 0 Å². The highest BCUT2D eigenvalue weighted by atomic mass is 19.1. The molecule has 0 aliphatic heterocycles. The number of pyridine rings is 1. The van der Waals surface area contributed by atoms with Crippen molar-refractivity contribution < 1.29 is 14.0 Å². The van der Waals surface area contributed by atoms with Crippen molar-refractivity contribution in [2.24, 2.45) is 0 Å². The predicted octanol–water partition coefficient (Wildman–Crippen LogP) is 4.25. The summed E-state index contributed by atoms with van der Waals surface area (Å²) < 4.78 is 13.5. The quantitative estimate of drug-likeness (QED) is 0.382. The highest BCUT2D eigenvalue weighted by molar-refractivity contribution is 5.96. The van der Waals surface area contributed by atoms with Crippen LogP contribution < -0.4 is 5.32 Å². The molecule has 7 nitrogen and oxygen atoms in total. The molecule has 0 aliphatic carbocycles. The predicted molar refractivity (Wildman–Crippen MR) is 130 cm³/mol. The van der Waals surface area contributed by atoms with Gasteiger partial charge in [-0.1, -0.05) is 48.5 Å². The molecule has 0 fully saturated rings. The largest absolute Gasteiger partial charge is 0.354 e. The summed E-state index contributed by atoms with van der Waals surface area (Å²) in [5, 5.41) is 2.93. The second kappa shape index (κ2) is 11.2. The number of nitrogens with zero attached hydrogens (tertiary/aromatic N) is 3. The molecule has 2 N–H and O–H groups in total. The standard InChI is InChI=1S/C27H26FN5O2/c1-19(21-8-3-2-4-9-21)33(27(35)24-17-30-18-32-24)25(22-10-6-13-29-16-22)26(34)31-14-12-20-7-5-11-23(28)15-20/h2-11,13,15-19,25H,12,14H2,1H3,(H,30,32)(H,31,34). The highest BCUT2D eigenvalue weighted by Crippen LogP contribution is 2.32. The Bertz CT molecular complexity index is 1250. The Hall–Kier alpha value is -4.33. The van der Waals surface area contributed by atoms with Gasteiger partial charge in [-0.3, -0.25) is 14.6 Å². The number of halogens is 1. The van der Waals surface area contributed by atoms with Crippen LogP contribution in [0.2, 0.25) is 0 Å². The third-order valence-corrected chi connectivity index (χ3v) is 5.79. The monoisotopic (exact) mass is 471 g/mol. The molecular weight excluding hydrogens is 445 g/mol. The molecule has 178 valence electrons. The van der Waals surface area contributed by atoms with Gasteiger partial charge in [0.1, 0.15) is 17.6 Å². The Labute approximate surface area is 203 Å². The Balaban J connectivity index is 1.66. The number of benzene rings is 2. The number of rotatable bonds is 9. The molecule has 0 bridgehead atoms. The maximum atomic E-state index is 13.7. The van der Waals surface area contributed by atoms with Gasteiger partial charge in [0, 0.05) is 24.5 Å². The van der Waals surface area contributed by atoms with Crippen molar-refractivity contribution in [2.75, 3.05) is 6.54 Å². The van der Waals surface area contributed by atoms with Crippen LogP contribution >= 0.6 is 0 Å². The van der Waals surface area contributed by atoms with Crippen molar-refractivity contribution in [1.29, 1.82) is 0 Å². The fraction of sp³-hybridized carbons (Fsp3) is 0.185. The van der Waals surface area contributed by atoms with Gasteiger partial charge in [-0.2, -0.15) is 0 Å². The summed E-state index contributed by atoms with van der Waals surface area (Å²) in [6, 6.07) is 17.9. The fourth-order valence-corrected chi connectivity index (χ4v) is 4.02. The summed E-state index contributed by atoms with van der Waals surface area (Å²) in [4.78, 5) is 39.9. The number of carbonyl (C=O) groups excluding carboxylic acids is 2. The third kappa shape index (κ3) is 5.78. The maximum Gasteiger partial charge on any atom is 0.273 e. The topological polar surface area (TPSA) is 91.0 Å². The third-order valence-electron chi connectivity index (χ3n) is 5.79. The van der Waals surface area contributed by atoms with Crippen molar-refractivity contribution in [3.8, 4) is 0 Å². The first-order valence-corrected chi connectivity index (χ1v) is 11.3. The molecule has 0 spiro atoms. The maximum absolute atomic E-state index is 13.7. The zero-order chi connectivity index (χ0) is 24.6. The van der Waals surface area contributed by atoms with Crippen LogP contribution in [-0.2, 0) is 11.2 Å². The minimum atomic E-state index is -0.956. The molecule has 0 saturated carbocycles. The minimum Gasteiger partial charge on any atom is -0.354 e. The first kappa shape index (κ1) is 23.8. The molecule has 2 atom stereocenters.